The first kappa shape index (κ1) is 22.6. The van der Waals surface area contributed by atoms with Gasteiger partial charge in [-0.1, -0.05) is 12.8 Å². The molecule has 0 bridgehead atoms. The van der Waals surface area contributed by atoms with Crippen molar-refractivity contribution >= 4 is 17.5 Å². The Kier molecular flexibility index (Phi) is 6.85. The van der Waals surface area contributed by atoms with Crippen molar-refractivity contribution in [3.63, 3.8) is 0 Å². The quantitative estimate of drug-likeness (QED) is 0.605. The first-order valence-electron chi connectivity index (χ1n) is 12.4. The van der Waals surface area contributed by atoms with E-state index in [1.165, 1.54) is 12.8 Å². The second-order valence-corrected chi connectivity index (χ2v) is 9.79. The molecule has 33 heavy (non-hydrogen) atoms. The van der Waals surface area contributed by atoms with Gasteiger partial charge < -0.3 is 30.0 Å². The Bertz CT molecular complexity index is 864. The summed E-state index contributed by atoms with van der Waals surface area (Å²) in [6.07, 6.45) is 5.78. The Morgan fingerprint density at radius 3 is 2.64 bits per heavy atom. The minimum absolute atomic E-state index is 0.00936. The zero-order valence-corrected chi connectivity index (χ0v) is 19.0. The van der Waals surface area contributed by atoms with Crippen molar-refractivity contribution in [1.82, 2.24) is 5.32 Å². The van der Waals surface area contributed by atoms with Crippen LogP contribution >= 0.6 is 0 Å². The number of anilines is 1. The molecule has 1 saturated carbocycles. The predicted molar refractivity (Wildman–Crippen MR) is 121 cm³/mol. The molecule has 8 nitrogen and oxygen atoms in total. The Hall–Kier alpha value is -2.16. The van der Waals surface area contributed by atoms with Crippen LogP contribution in [0.15, 0.2) is 18.2 Å². The molecule has 4 atom stereocenters. The number of nitrogens with one attached hydrogen (secondary N) is 2. The standard InChI is InChI=1S/C25H34N2O6/c28-14-22-24-20(12-18(32-22)13-23(29)26-16-3-1-2-4-16)19-11-17(5-6-21(19)33-24)27-25(30)15-7-9-31-10-8-15/h5-6,11,15-16,18,20,22,24,28H,1-4,7-10,12-14H2,(H,26,29)(H,27,30)/t18-,20+,22-,24-/m1/s1. The van der Waals surface area contributed by atoms with Gasteiger partial charge in [0.1, 0.15) is 18.0 Å². The summed E-state index contributed by atoms with van der Waals surface area (Å²) in [5.41, 5.74) is 1.75. The van der Waals surface area contributed by atoms with Crippen molar-refractivity contribution in [3.05, 3.63) is 23.8 Å². The van der Waals surface area contributed by atoms with Crippen LogP contribution in [0.3, 0.4) is 0 Å². The molecule has 3 heterocycles. The lowest BCUT2D eigenvalue weighted by Crippen LogP contribution is -2.47. The lowest BCUT2D eigenvalue weighted by molar-refractivity contribution is -0.142. The third-order valence-corrected chi connectivity index (χ3v) is 7.49. The second-order valence-electron chi connectivity index (χ2n) is 9.79. The highest BCUT2D eigenvalue weighted by molar-refractivity contribution is 5.92. The number of carbonyl (C=O) groups excluding carboxylic acids is 2. The Balaban J connectivity index is 1.26. The van der Waals surface area contributed by atoms with E-state index in [9.17, 15) is 14.7 Å². The van der Waals surface area contributed by atoms with Gasteiger partial charge in [-0.25, -0.2) is 0 Å². The number of aliphatic hydroxyl groups is 1. The fourth-order valence-corrected chi connectivity index (χ4v) is 5.73. The number of carbonyl (C=O) groups is 2. The summed E-state index contributed by atoms with van der Waals surface area (Å²) in [7, 11) is 0. The van der Waals surface area contributed by atoms with E-state index >= 15 is 0 Å². The van der Waals surface area contributed by atoms with E-state index < -0.39 is 6.10 Å². The van der Waals surface area contributed by atoms with Crippen molar-refractivity contribution in [2.75, 3.05) is 25.1 Å². The minimum atomic E-state index is -0.485. The fourth-order valence-electron chi connectivity index (χ4n) is 5.73. The molecule has 0 aromatic heterocycles. The van der Waals surface area contributed by atoms with Crippen molar-refractivity contribution in [3.8, 4) is 5.75 Å². The summed E-state index contributed by atoms with van der Waals surface area (Å²) in [4.78, 5) is 25.3. The first-order valence-corrected chi connectivity index (χ1v) is 12.4. The van der Waals surface area contributed by atoms with Crippen LogP contribution in [-0.4, -0.2) is 61.1 Å². The number of amides is 2. The van der Waals surface area contributed by atoms with Gasteiger partial charge in [0.15, 0.2) is 0 Å². The zero-order chi connectivity index (χ0) is 22.8. The van der Waals surface area contributed by atoms with E-state index in [2.05, 4.69) is 10.6 Å². The molecule has 4 aliphatic rings. The number of aliphatic hydroxyl groups excluding tert-OH is 1. The van der Waals surface area contributed by atoms with E-state index in [4.69, 9.17) is 14.2 Å². The molecule has 3 aliphatic heterocycles. The monoisotopic (exact) mass is 458 g/mol. The van der Waals surface area contributed by atoms with Gasteiger partial charge in [0.05, 0.1) is 19.1 Å². The van der Waals surface area contributed by atoms with Gasteiger partial charge in [0.25, 0.3) is 0 Å². The summed E-state index contributed by atoms with van der Waals surface area (Å²) < 4.78 is 17.6. The average molecular weight is 459 g/mol. The van der Waals surface area contributed by atoms with Crippen LogP contribution in [0, 0.1) is 5.92 Å². The van der Waals surface area contributed by atoms with Crippen molar-refractivity contribution in [2.24, 2.45) is 5.92 Å². The fraction of sp³-hybridized carbons (Fsp3) is 0.680. The van der Waals surface area contributed by atoms with E-state index in [1.807, 2.05) is 18.2 Å². The summed E-state index contributed by atoms with van der Waals surface area (Å²) in [6, 6.07) is 5.99. The topological polar surface area (TPSA) is 106 Å². The number of rotatable bonds is 6. The molecule has 8 heteroatoms. The smallest absolute Gasteiger partial charge is 0.227 e. The Morgan fingerprint density at radius 2 is 1.88 bits per heavy atom. The van der Waals surface area contributed by atoms with Crippen molar-refractivity contribution in [1.29, 1.82) is 0 Å². The van der Waals surface area contributed by atoms with Crippen molar-refractivity contribution in [2.45, 2.75) is 81.6 Å². The number of fused-ring (bicyclic) bond motifs is 3. The predicted octanol–water partition coefficient (Wildman–Crippen LogP) is 2.50. The number of hydrogen-bond acceptors (Lipinski definition) is 6. The summed E-state index contributed by atoms with van der Waals surface area (Å²) >= 11 is 0. The van der Waals surface area contributed by atoms with Gasteiger partial charge >= 0.3 is 0 Å². The molecule has 3 N–H and O–H groups in total. The summed E-state index contributed by atoms with van der Waals surface area (Å²) in [5, 5.41) is 16.1. The second kappa shape index (κ2) is 9.99. The van der Waals surface area contributed by atoms with E-state index in [-0.39, 0.29) is 54.9 Å². The molecule has 5 rings (SSSR count). The van der Waals surface area contributed by atoms with E-state index in [0.717, 1.165) is 42.7 Å². The molecule has 2 saturated heterocycles. The zero-order valence-electron chi connectivity index (χ0n) is 19.0. The Morgan fingerprint density at radius 1 is 1.09 bits per heavy atom. The Labute approximate surface area is 194 Å². The maximum atomic E-state index is 12.7. The maximum absolute atomic E-state index is 12.7. The number of benzene rings is 1. The molecule has 3 fully saturated rings. The van der Waals surface area contributed by atoms with Gasteiger partial charge in [-0.15, -0.1) is 0 Å². The molecular formula is C25H34N2O6. The summed E-state index contributed by atoms with van der Waals surface area (Å²) in [6.45, 7) is 1.08. The third-order valence-electron chi connectivity index (χ3n) is 7.49. The molecule has 0 spiro atoms. The number of hydrogen-bond donors (Lipinski definition) is 3. The minimum Gasteiger partial charge on any atom is -0.487 e. The largest absolute Gasteiger partial charge is 0.487 e. The van der Waals surface area contributed by atoms with Crippen LogP contribution in [0.1, 0.15) is 62.8 Å². The third kappa shape index (κ3) is 5.03. The van der Waals surface area contributed by atoms with Crippen LogP contribution in [0.25, 0.3) is 0 Å². The molecule has 0 unspecified atom stereocenters. The lowest BCUT2D eigenvalue weighted by atomic mass is 9.84. The molecule has 2 amide bonds. The van der Waals surface area contributed by atoms with Gasteiger partial charge in [-0.05, 0) is 50.3 Å². The molecule has 1 aromatic carbocycles. The van der Waals surface area contributed by atoms with Gasteiger partial charge in [0.2, 0.25) is 11.8 Å². The normalized spacial score (nSPS) is 29.7. The van der Waals surface area contributed by atoms with Gasteiger partial charge in [-0.2, -0.15) is 0 Å². The van der Waals surface area contributed by atoms with Crippen LogP contribution < -0.4 is 15.4 Å². The van der Waals surface area contributed by atoms with E-state index in [0.29, 0.717) is 19.6 Å². The van der Waals surface area contributed by atoms with Crippen molar-refractivity contribution < 1.29 is 28.9 Å². The maximum Gasteiger partial charge on any atom is 0.227 e. The molecule has 0 radical (unpaired) electrons. The first-order chi connectivity index (χ1) is 16.1. The molecular weight excluding hydrogens is 424 g/mol. The van der Waals surface area contributed by atoms with Crippen LogP contribution in [0.5, 0.6) is 5.75 Å². The molecule has 1 aliphatic carbocycles. The average Bonchev–Trinajstić information content (AvgIpc) is 3.46. The molecule has 1 aromatic rings. The van der Waals surface area contributed by atoms with E-state index in [1.54, 1.807) is 0 Å². The highest BCUT2D eigenvalue weighted by atomic mass is 16.6. The van der Waals surface area contributed by atoms with Gasteiger partial charge in [0, 0.05) is 42.3 Å². The van der Waals surface area contributed by atoms with Gasteiger partial charge in [-0.3, -0.25) is 9.59 Å². The lowest BCUT2D eigenvalue weighted by Gasteiger charge is -2.37. The number of ether oxygens (including phenoxy) is 3. The van der Waals surface area contributed by atoms with Crippen LogP contribution in [0.4, 0.5) is 5.69 Å². The molecule has 180 valence electrons. The van der Waals surface area contributed by atoms with Crippen LogP contribution in [-0.2, 0) is 19.1 Å². The highest BCUT2D eigenvalue weighted by Gasteiger charge is 2.46. The summed E-state index contributed by atoms with van der Waals surface area (Å²) in [5.74, 6) is 0.775. The highest BCUT2D eigenvalue weighted by Crippen LogP contribution is 2.47. The SMILES string of the molecule is O=C(C[C@H]1C[C@H]2c3cc(NC(=O)C4CCOCC4)ccc3O[C@H]2[C@@H](CO)O1)NC1CCCC1. The van der Waals surface area contributed by atoms with Crippen LogP contribution in [0.2, 0.25) is 0 Å².